The fraction of sp³-hybridized carbons (Fsp3) is 0.696. The van der Waals surface area contributed by atoms with Gasteiger partial charge in [-0.05, 0) is 89.2 Å². The van der Waals surface area contributed by atoms with Gasteiger partial charge in [0.15, 0.2) is 0 Å². The van der Waals surface area contributed by atoms with E-state index in [9.17, 15) is 0 Å². The fourth-order valence-electron chi connectivity index (χ4n) is 3.43. The molecule has 0 saturated heterocycles. The van der Waals surface area contributed by atoms with Gasteiger partial charge in [0.25, 0.3) is 0 Å². The number of rotatable bonds is 8. The van der Waals surface area contributed by atoms with Crippen molar-refractivity contribution in [1.82, 2.24) is 4.90 Å². The molecule has 0 heterocycles. The van der Waals surface area contributed by atoms with Gasteiger partial charge in [-0.15, -0.1) is 0 Å². The Labute approximate surface area is 156 Å². The summed E-state index contributed by atoms with van der Waals surface area (Å²) >= 11 is 0. The summed E-state index contributed by atoms with van der Waals surface area (Å²) in [4.78, 5) is 6.75. The highest BCUT2D eigenvalue weighted by Crippen LogP contribution is 2.36. The Morgan fingerprint density at radius 2 is 1.76 bits per heavy atom. The molecule has 0 aromatic heterocycles. The summed E-state index contributed by atoms with van der Waals surface area (Å²) in [6, 6.07) is 0. The summed E-state index contributed by atoms with van der Waals surface area (Å²) in [7, 11) is 2.05. The van der Waals surface area contributed by atoms with E-state index in [1.807, 2.05) is 6.34 Å². The minimum Gasteiger partial charge on any atom is -0.366 e. The molecule has 1 rings (SSSR count). The van der Waals surface area contributed by atoms with Gasteiger partial charge in [-0.2, -0.15) is 0 Å². The maximum absolute atomic E-state index is 4.66. The first-order valence-electron chi connectivity index (χ1n) is 10.0. The van der Waals surface area contributed by atoms with Gasteiger partial charge in [0.05, 0.1) is 12.0 Å². The number of allylic oxidation sites excluding steroid dienone is 4. The second-order valence-corrected chi connectivity index (χ2v) is 8.36. The quantitative estimate of drug-likeness (QED) is 0.274. The van der Waals surface area contributed by atoms with Crippen LogP contribution in [0.5, 0.6) is 0 Å². The lowest BCUT2D eigenvalue weighted by molar-refractivity contribution is 0.224. The van der Waals surface area contributed by atoms with Crippen LogP contribution in [0.1, 0.15) is 73.6 Å². The lowest BCUT2D eigenvalue weighted by Gasteiger charge is -2.31. The van der Waals surface area contributed by atoms with E-state index in [0.717, 1.165) is 36.4 Å². The zero-order chi connectivity index (χ0) is 19.0. The third-order valence-electron chi connectivity index (χ3n) is 5.69. The molecule has 2 heteroatoms. The third kappa shape index (κ3) is 7.63. The highest BCUT2D eigenvalue weighted by molar-refractivity contribution is 5.57. The molecule has 1 aliphatic rings. The predicted molar refractivity (Wildman–Crippen MR) is 113 cm³/mol. The molecule has 25 heavy (non-hydrogen) atoms. The Balaban J connectivity index is 2.66. The maximum Gasteiger partial charge on any atom is 0.0909 e. The molecule has 0 spiro atoms. The van der Waals surface area contributed by atoms with E-state index in [2.05, 4.69) is 71.1 Å². The Morgan fingerprint density at radius 3 is 2.24 bits per heavy atom. The zero-order valence-corrected chi connectivity index (χ0v) is 17.7. The van der Waals surface area contributed by atoms with E-state index in [1.165, 1.54) is 42.4 Å². The van der Waals surface area contributed by atoms with Gasteiger partial charge in [0, 0.05) is 13.6 Å². The SMILES string of the molecule is C=C(CC1CCC(C(C)C)CC1)/C(C)=C\C(N=CN(C)CC)=C(C)C. The Hall–Kier alpha value is -1.31. The minimum atomic E-state index is 0.815. The van der Waals surface area contributed by atoms with Gasteiger partial charge in [-0.3, -0.25) is 0 Å². The summed E-state index contributed by atoms with van der Waals surface area (Å²) in [6.07, 6.45) is 10.8. The van der Waals surface area contributed by atoms with Crippen molar-refractivity contribution in [2.24, 2.45) is 22.7 Å². The summed E-state index contributed by atoms with van der Waals surface area (Å²) in [6.45, 7) is 18.6. The molecule has 0 unspecified atom stereocenters. The standard InChI is InChI=1S/C23H40N2/c1-9-25(8)16-24-23(18(4)5)15-20(7)19(6)14-21-10-12-22(13-11-21)17(2)3/h15-17,21-22H,6,9-14H2,1-5,7-8H3/b20-15-,24-16?. The molecule has 142 valence electrons. The van der Waals surface area contributed by atoms with E-state index < -0.39 is 0 Å². The lowest BCUT2D eigenvalue weighted by atomic mass is 9.75. The van der Waals surface area contributed by atoms with Crippen LogP contribution in [-0.2, 0) is 0 Å². The van der Waals surface area contributed by atoms with Crippen LogP contribution in [-0.4, -0.2) is 24.8 Å². The Morgan fingerprint density at radius 1 is 1.16 bits per heavy atom. The molecule has 0 aromatic carbocycles. The first kappa shape index (κ1) is 21.7. The van der Waals surface area contributed by atoms with E-state index in [-0.39, 0.29) is 0 Å². The molecule has 0 atom stereocenters. The fourth-order valence-corrected chi connectivity index (χ4v) is 3.43. The van der Waals surface area contributed by atoms with Crippen LogP contribution in [0.3, 0.4) is 0 Å². The van der Waals surface area contributed by atoms with Gasteiger partial charge in [-0.25, -0.2) is 4.99 Å². The van der Waals surface area contributed by atoms with Crippen molar-refractivity contribution in [3.63, 3.8) is 0 Å². The van der Waals surface area contributed by atoms with Crippen molar-refractivity contribution in [2.45, 2.75) is 73.6 Å². The predicted octanol–water partition coefficient (Wildman–Crippen LogP) is 6.62. The van der Waals surface area contributed by atoms with Crippen LogP contribution in [0.15, 0.2) is 40.1 Å². The van der Waals surface area contributed by atoms with Gasteiger partial charge < -0.3 is 4.90 Å². The number of nitrogens with zero attached hydrogens (tertiary/aromatic N) is 2. The monoisotopic (exact) mass is 344 g/mol. The van der Waals surface area contributed by atoms with Crippen molar-refractivity contribution in [3.05, 3.63) is 35.1 Å². The van der Waals surface area contributed by atoms with E-state index >= 15 is 0 Å². The first-order chi connectivity index (χ1) is 11.7. The highest BCUT2D eigenvalue weighted by atomic mass is 15.1. The van der Waals surface area contributed by atoms with Crippen molar-refractivity contribution >= 4 is 6.34 Å². The van der Waals surface area contributed by atoms with Crippen LogP contribution in [0.25, 0.3) is 0 Å². The van der Waals surface area contributed by atoms with Crippen LogP contribution in [0.2, 0.25) is 0 Å². The van der Waals surface area contributed by atoms with E-state index in [4.69, 9.17) is 0 Å². The van der Waals surface area contributed by atoms with Crippen LogP contribution in [0.4, 0.5) is 0 Å². The summed E-state index contributed by atoms with van der Waals surface area (Å²) in [5.74, 6) is 2.59. The second-order valence-electron chi connectivity index (χ2n) is 8.36. The normalized spacial score (nSPS) is 21.7. The summed E-state index contributed by atoms with van der Waals surface area (Å²) < 4.78 is 0. The van der Waals surface area contributed by atoms with Gasteiger partial charge in [0.2, 0.25) is 0 Å². The Bertz CT molecular complexity index is 510. The molecule has 1 fully saturated rings. The third-order valence-corrected chi connectivity index (χ3v) is 5.69. The smallest absolute Gasteiger partial charge is 0.0909 e. The highest BCUT2D eigenvalue weighted by Gasteiger charge is 2.23. The van der Waals surface area contributed by atoms with Crippen molar-refractivity contribution in [3.8, 4) is 0 Å². The molecule has 2 nitrogen and oxygen atoms in total. The number of hydrogen-bond donors (Lipinski definition) is 0. The molecule has 1 aliphatic carbocycles. The molecule has 0 aromatic rings. The second kappa shape index (κ2) is 10.6. The average molecular weight is 345 g/mol. The Kier molecular flexibility index (Phi) is 9.24. The molecule has 0 bridgehead atoms. The number of hydrogen-bond acceptors (Lipinski definition) is 1. The lowest BCUT2D eigenvalue weighted by Crippen LogP contribution is -2.19. The van der Waals surface area contributed by atoms with Crippen molar-refractivity contribution in [2.75, 3.05) is 13.6 Å². The molecule has 1 saturated carbocycles. The zero-order valence-electron chi connectivity index (χ0n) is 17.7. The molecule has 0 aliphatic heterocycles. The summed E-state index contributed by atoms with van der Waals surface area (Å²) in [5, 5.41) is 0. The maximum atomic E-state index is 4.66. The number of aliphatic imine (C=N–C) groups is 1. The average Bonchev–Trinajstić information content (AvgIpc) is 2.58. The van der Waals surface area contributed by atoms with Crippen molar-refractivity contribution in [1.29, 1.82) is 0 Å². The largest absolute Gasteiger partial charge is 0.366 e. The van der Waals surface area contributed by atoms with Gasteiger partial charge >= 0.3 is 0 Å². The molecule has 0 N–H and O–H groups in total. The van der Waals surface area contributed by atoms with Crippen LogP contribution in [0, 0.1) is 17.8 Å². The first-order valence-corrected chi connectivity index (χ1v) is 10.0. The molecule has 0 radical (unpaired) electrons. The van der Waals surface area contributed by atoms with E-state index in [1.54, 1.807) is 0 Å². The van der Waals surface area contributed by atoms with Crippen molar-refractivity contribution < 1.29 is 0 Å². The molecule has 0 amide bonds. The molecular weight excluding hydrogens is 304 g/mol. The summed E-state index contributed by atoms with van der Waals surface area (Å²) in [5.41, 5.74) is 4.86. The van der Waals surface area contributed by atoms with Crippen LogP contribution < -0.4 is 0 Å². The topological polar surface area (TPSA) is 15.6 Å². The minimum absolute atomic E-state index is 0.815. The van der Waals surface area contributed by atoms with Gasteiger partial charge in [0.1, 0.15) is 0 Å². The van der Waals surface area contributed by atoms with Crippen LogP contribution >= 0.6 is 0 Å². The molecular formula is C23H40N2. The van der Waals surface area contributed by atoms with E-state index in [0.29, 0.717) is 0 Å². The van der Waals surface area contributed by atoms with Gasteiger partial charge in [-0.1, -0.05) is 31.6 Å².